The predicted molar refractivity (Wildman–Crippen MR) is 91.6 cm³/mol. The van der Waals surface area contributed by atoms with E-state index in [4.69, 9.17) is 4.74 Å². The monoisotopic (exact) mass is 343 g/mol. The first-order chi connectivity index (χ1) is 11.5. The van der Waals surface area contributed by atoms with Crippen LogP contribution in [0.2, 0.25) is 0 Å². The molecule has 0 fully saturated rings. The third kappa shape index (κ3) is 3.49. The van der Waals surface area contributed by atoms with E-state index in [-0.39, 0.29) is 18.0 Å². The lowest BCUT2D eigenvalue weighted by atomic mass is 10.1. The predicted octanol–water partition coefficient (Wildman–Crippen LogP) is 3.39. The summed E-state index contributed by atoms with van der Waals surface area (Å²) in [6.45, 7) is 0. The van der Waals surface area contributed by atoms with Crippen molar-refractivity contribution in [1.82, 2.24) is 4.98 Å². The van der Waals surface area contributed by atoms with Gasteiger partial charge in [-0.3, -0.25) is 14.9 Å². The van der Waals surface area contributed by atoms with Crippen molar-refractivity contribution in [3.8, 4) is 5.75 Å². The molecule has 1 aromatic heterocycles. The van der Waals surface area contributed by atoms with Crippen molar-refractivity contribution in [2.75, 3.05) is 12.4 Å². The molecule has 1 heterocycles. The molecule has 7 nitrogen and oxygen atoms in total. The SMILES string of the molecule is COc1ccc2nc(NC(=O)Cc3ccc([N+](=O)[O-])cc3)sc2c1. The Morgan fingerprint density at radius 2 is 2.04 bits per heavy atom. The van der Waals surface area contributed by atoms with Gasteiger partial charge in [0, 0.05) is 12.1 Å². The molecule has 8 heteroatoms. The molecule has 0 saturated heterocycles. The fourth-order valence-electron chi connectivity index (χ4n) is 2.17. The van der Waals surface area contributed by atoms with Gasteiger partial charge in [-0.1, -0.05) is 23.5 Å². The molecule has 122 valence electrons. The number of amides is 1. The molecule has 2 aromatic carbocycles. The Labute approximate surface area is 141 Å². The van der Waals surface area contributed by atoms with Crippen molar-refractivity contribution >= 4 is 38.3 Å². The van der Waals surface area contributed by atoms with E-state index in [1.54, 1.807) is 19.2 Å². The highest BCUT2D eigenvalue weighted by molar-refractivity contribution is 7.22. The van der Waals surface area contributed by atoms with Crippen LogP contribution in [0.1, 0.15) is 5.56 Å². The maximum absolute atomic E-state index is 12.1. The standard InChI is InChI=1S/C16H13N3O4S/c1-23-12-6-7-13-14(9-12)24-16(17-13)18-15(20)8-10-2-4-11(5-3-10)19(21)22/h2-7,9H,8H2,1H3,(H,17,18,20). The molecule has 0 saturated carbocycles. The molecule has 0 aliphatic rings. The first-order valence-electron chi connectivity index (χ1n) is 7.03. The zero-order valence-electron chi connectivity index (χ0n) is 12.7. The summed E-state index contributed by atoms with van der Waals surface area (Å²) in [7, 11) is 1.59. The molecule has 0 bridgehead atoms. The number of fused-ring (bicyclic) bond motifs is 1. The van der Waals surface area contributed by atoms with Crippen LogP contribution < -0.4 is 10.1 Å². The zero-order valence-corrected chi connectivity index (χ0v) is 13.5. The van der Waals surface area contributed by atoms with Gasteiger partial charge in [-0.05, 0) is 23.8 Å². The third-order valence-corrected chi connectivity index (χ3v) is 4.29. The summed E-state index contributed by atoms with van der Waals surface area (Å²) < 4.78 is 6.08. The fourth-order valence-corrected chi connectivity index (χ4v) is 3.08. The second-order valence-corrected chi connectivity index (χ2v) is 6.03. The van der Waals surface area contributed by atoms with Crippen molar-refractivity contribution in [2.24, 2.45) is 0 Å². The number of anilines is 1. The Hall–Kier alpha value is -3.00. The van der Waals surface area contributed by atoms with E-state index in [9.17, 15) is 14.9 Å². The Morgan fingerprint density at radius 3 is 2.71 bits per heavy atom. The highest BCUT2D eigenvalue weighted by atomic mass is 32.1. The molecule has 0 aliphatic carbocycles. The molecule has 1 amide bonds. The van der Waals surface area contributed by atoms with Gasteiger partial charge in [-0.25, -0.2) is 4.98 Å². The highest BCUT2D eigenvalue weighted by Gasteiger charge is 2.10. The summed E-state index contributed by atoms with van der Waals surface area (Å²) in [6.07, 6.45) is 0.122. The zero-order chi connectivity index (χ0) is 17.1. The van der Waals surface area contributed by atoms with E-state index in [2.05, 4.69) is 10.3 Å². The molecule has 1 N–H and O–H groups in total. The number of non-ortho nitro benzene ring substituents is 1. The van der Waals surface area contributed by atoms with E-state index in [1.165, 1.54) is 23.5 Å². The van der Waals surface area contributed by atoms with Gasteiger partial charge in [-0.15, -0.1) is 0 Å². The number of carbonyl (C=O) groups is 1. The number of rotatable bonds is 5. The van der Waals surface area contributed by atoms with Gasteiger partial charge < -0.3 is 10.1 Å². The maximum Gasteiger partial charge on any atom is 0.269 e. The van der Waals surface area contributed by atoms with Crippen molar-refractivity contribution in [2.45, 2.75) is 6.42 Å². The lowest BCUT2D eigenvalue weighted by Crippen LogP contribution is -2.14. The smallest absolute Gasteiger partial charge is 0.269 e. The lowest BCUT2D eigenvalue weighted by molar-refractivity contribution is -0.384. The Kier molecular flexibility index (Phi) is 4.39. The second-order valence-electron chi connectivity index (χ2n) is 5.00. The van der Waals surface area contributed by atoms with E-state index >= 15 is 0 Å². The molecule has 3 rings (SSSR count). The van der Waals surface area contributed by atoms with E-state index < -0.39 is 4.92 Å². The van der Waals surface area contributed by atoms with Crippen molar-refractivity contribution in [3.05, 3.63) is 58.1 Å². The topological polar surface area (TPSA) is 94.4 Å². The van der Waals surface area contributed by atoms with Gasteiger partial charge in [0.25, 0.3) is 5.69 Å². The second kappa shape index (κ2) is 6.63. The minimum Gasteiger partial charge on any atom is -0.497 e. The summed E-state index contributed by atoms with van der Waals surface area (Å²) in [5, 5.41) is 13.9. The Morgan fingerprint density at radius 1 is 1.29 bits per heavy atom. The molecule has 3 aromatic rings. The Balaban J connectivity index is 1.69. The van der Waals surface area contributed by atoms with Crippen molar-refractivity contribution < 1.29 is 14.5 Å². The minimum atomic E-state index is -0.473. The molecule has 24 heavy (non-hydrogen) atoms. The fraction of sp³-hybridized carbons (Fsp3) is 0.125. The number of nitro groups is 1. The van der Waals surface area contributed by atoms with Crippen LogP contribution in [0, 0.1) is 10.1 Å². The van der Waals surface area contributed by atoms with Gasteiger partial charge in [0.15, 0.2) is 5.13 Å². The van der Waals surface area contributed by atoms with E-state index in [1.807, 2.05) is 18.2 Å². The van der Waals surface area contributed by atoms with Crippen LogP contribution in [0.4, 0.5) is 10.8 Å². The van der Waals surface area contributed by atoms with Crippen LogP contribution >= 0.6 is 11.3 Å². The normalized spacial score (nSPS) is 10.5. The van der Waals surface area contributed by atoms with E-state index in [0.717, 1.165) is 16.0 Å². The van der Waals surface area contributed by atoms with Crippen molar-refractivity contribution in [3.63, 3.8) is 0 Å². The maximum atomic E-state index is 12.1. The minimum absolute atomic E-state index is 0.000668. The first-order valence-corrected chi connectivity index (χ1v) is 7.84. The largest absolute Gasteiger partial charge is 0.497 e. The number of nitrogens with one attached hydrogen (secondary N) is 1. The lowest BCUT2D eigenvalue weighted by Gasteiger charge is -2.01. The summed E-state index contributed by atoms with van der Waals surface area (Å²) in [5.74, 6) is 0.504. The van der Waals surface area contributed by atoms with Crippen LogP contribution in [0.3, 0.4) is 0 Å². The number of nitrogens with zero attached hydrogens (tertiary/aromatic N) is 2. The third-order valence-electron chi connectivity index (χ3n) is 3.35. The number of benzene rings is 2. The van der Waals surface area contributed by atoms with Crippen LogP contribution in [-0.2, 0) is 11.2 Å². The van der Waals surface area contributed by atoms with Gasteiger partial charge >= 0.3 is 0 Å². The van der Waals surface area contributed by atoms with Gasteiger partial charge in [0.05, 0.1) is 28.7 Å². The van der Waals surface area contributed by atoms with Crippen LogP contribution in [0.25, 0.3) is 10.2 Å². The molecule has 0 atom stereocenters. The average Bonchev–Trinajstić information content (AvgIpc) is 2.96. The molecular weight excluding hydrogens is 330 g/mol. The number of ether oxygens (including phenoxy) is 1. The van der Waals surface area contributed by atoms with Crippen LogP contribution in [0.15, 0.2) is 42.5 Å². The quantitative estimate of drug-likeness (QED) is 0.566. The molecular formula is C16H13N3O4S. The summed E-state index contributed by atoms with van der Waals surface area (Å²) in [6, 6.07) is 11.4. The molecule has 0 unspecified atom stereocenters. The number of hydrogen-bond donors (Lipinski definition) is 1. The summed E-state index contributed by atoms with van der Waals surface area (Å²) >= 11 is 1.36. The number of carbonyl (C=O) groups excluding carboxylic acids is 1. The van der Waals surface area contributed by atoms with Gasteiger partial charge in [0.2, 0.25) is 5.91 Å². The Bertz CT molecular complexity index is 905. The summed E-state index contributed by atoms with van der Waals surface area (Å²) in [4.78, 5) is 26.6. The molecule has 0 aliphatic heterocycles. The number of methoxy groups -OCH3 is 1. The number of hydrogen-bond acceptors (Lipinski definition) is 6. The summed E-state index contributed by atoms with van der Waals surface area (Å²) in [5.41, 5.74) is 1.48. The molecule has 0 radical (unpaired) electrons. The van der Waals surface area contributed by atoms with Crippen LogP contribution in [0.5, 0.6) is 5.75 Å². The molecule has 0 spiro atoms. The number of nitro benzene ring substituents is 1. The van der Waals surface area contributed by atoms with Gasteiger partial charge in [0.1, 0.15) is 5.75 Å². The van der Waals surface area contributed by atoms with Gasteiger partial charge in [-0.2, -0.15) is 0 Å². The number of thiazole rings is 1. The van der Waals surface area contributed by atoms with Crippen molar-refractivity contribution in [1.29, 1.82) is 0 Å². The number of aromatic nitrogens is 1. The average molecular weight is 343 g/mol. The first kappa shape index (κ1) is 15.9. The van der Waals surface area contributed by atoms with E-state index in [0.29, 0.717) is 10.7 Å². The van der Waals surface area contributed by atoms with Crippen LogP contribution in [-0.4, -0.2) is 22.9 Å². The highest BCUT2D eigenvalue weighted by Crippen LogP contribution is 2.29.